The van der Waals surface area contributed by atoms with Crippen molar-refractivity contribution in [3.63, 3.8) is 0 Å². The first-order valence-corrected chi connectivity index (χ1v) is 4.31. The number of carbonyl (C=O) groups is 2. The number of carbonyl (C=O) groups excluding carboxylic acids is 2. The number of ether oxygens (including phenoxy) is 1. The summed E-state index contributed by atoms with van der Waals surface area (Å²) in [5.74, 6) is -0.685. The van der Waals surface area contributed by atoms with E-state index in [1.807, 2.05) is 0 Å². The fourth-order valence-electron chi connectivity index (χ4n) is 0.753. The highest BCUT2D eigenvalue weighted by atomic mass is 16.5. The Bertz CT molecular complexity index is 182. The fourth-order valence-corrected chi connectivity index (χ4v) is 0.753. The summed E-state index contributed by atoms with van der Waals surface area (Å²) in [6, 6.07) is -0.715. The van der Waals surface area contributed by atoms with Gasteiger partial charge in [-0.05, 0) is 6.92 Å². The van der Waals surface area contributed by atoms with E-state index in [1.54, 1.807) is 13.8 Å². The monoisotopic (exact) mass is 188 g/mol. The van der Waals surface area contributed by atoms with Crippen LogP contribution in [0.15, 0.2) is 0 Å². The fraction of sp³-hybridized carbons (Fsp3) is 0.750. The lowest BCUT2D eigenvalue weighted by atomic mass is 10.3. The van der Waals surface area contributed by atoms with E-state index in [2.05, 4.69) is 5.32 Å². The summed E-state index contributed by atoms with van der Waals surface area (Å²) in [6.07, 6.45) is 0.329. The highest BCUT2D eigenvalue weighted by Crippen LogP contribution is 1.88. The van der Waals surface area contributed by atoms with Crippen LogP contribution in [0.5, 0.6) is 0 Å². The minimum Gasteiger partial charge on any atom is -0.464 e. The number of esters is 1. The summed E-state index contributed by atoms with van der Waals surface area (Å²) >= 11 is 0. The van der Waals surface area contributed by atoms with Gasteiger partial charge in [0.15, 0.2) is 0 Å². The Morgan fingerprint density at radius 3 is 2.46 bits per heavy atom. The molecule has 0 radical (unpaired) electrons. The maximum Gasteiger partial charge on any atom is 0.329 e. The van der Waals surface area contributed by atoms with Crippen LogP contribution in [0.4, 0.5) is 0 Å². The average molecular weight is 188 g/mol. The number of nitrogens with one attached hydrogen (secondary N) is 1. The summed E-state index contributed by atoms with van der Waals surface area (Å²) in [6.45, 7) is 3.75. The van der Waals surface area contributed by atoms with Crippen LogP contribution < -0.4 is 11.1 Å². The second-order valence-corrected chi connectivity index (χ2v) is 2.46. The zero-order valence-electron chi connectivity index (χ0n) is 8.00. The van der Waals surface area contributed by atoms with Crippen LogP contribution in [0.3, 0.4) is 0 Å². The number of nitrogens with two attached hydrogens (primary N) is 1. The third kappa shape index (κ3) is 4.47. The summed E-state index contributed by atoms with van der Waals surface area (Å²) < 4.78 is 4.71. The molecule has 0 aromatic carbocycles. The normalized spacial score (nSPS) is 11.9. The predicted octanol–water partition coefficient (Wildman–Crippen LogP) is -0.597. The molecule has 1 amide bonds. The van der Waals surface area contributed by atoms with Gasteiger partial charge in [-0.2, -0.15) is 0 Å². The van der Waals surface area contributed by atoms with Crippen LogP contribution in [0.2, 0.25) is 0 Å². The molecule has 0 aromatic heterocycles. The van der Waals surface area contributed by atoms with Crippen molar-refractivity contribution in [3.05, 3.63) is 0 Å². The van der Waals surface area contributed by atoms with Crippen LogP contribution in [0.1, 0.15) is 20.3 Å². The summed E-state index contributed by atoms with van der Waals surface area (Å²) in [4.78, 5) is 22.0. The lowest BCUT2D eigenvalue weighted by Crippen LogP contribution is -2.46. The standard InChI is InChI=1S/C8H16N2O3/c1-3-7(11)10-6(5-9)8(12)13-4-2/h6H,3-5,9H2,1-2H3,(H,10,11). The summed E-state index contributed by atoms with van der Waals surface area (Å²) in [7, 11) is 0. The SMILES string of the molecule is CCOC(=O)C(CN)NC(=O)CC. The van der Waals surface area contributed by atoms with E-state index >= 15 is 0 Å². The quantitative estimate of drug-likeness (QED) is 0.565. The van der Waals surface area contributed by atoms with Crippen molar-refractivity contribution in [2.45, 2.75) is 26.3 Å². The van der Waals surface area contributed by atoms with E-state index in [4.69, 9.17) is 10.5 Å². The van der Waals surface area contributed by atoms with Gasteiger partial charge >= 0.3 is 5.97 Å². The van der Waals surface area contributed by atoms with Gasteiger partial charge < -0.3 is 15.8 Å². The van der Waals surface area contributed by atoms with E-state index in [-0.39, 0.29) is 19.1 Å². The molecule has 0 saturated carbocycles. The number of hydrogen-bond donors (Lipinski definition) is 2. The molecule has 0 rings (SSSR count). The Morgan fingerprint density at radius 1 is 1.46 bits per heavy atom. The largest absolute Gasteiger partial charge is 0.464 e. The maximum atomic E-state index is 11.1. The molecular weight excluding hydrogens is 172 g/mol. The second kappa shape index (κ2) is 6.42. The number of rotatable bonds is 5. The maximum absolute atomic E-state index is 11.1. The van der Waals surface area contributed by atoms with Gasteiger partial charge in [-0.25, -0.2) is 4.79 Å². The van der Waals surface area contributed by atoms with Crippen molar-refractivity contribution in [2.24, 2.45) is 5.73 Å². The zero-order valence-corrected chi connectivity index (χ0v) is 8.00. The van der Waals surface area contributed by atoms with Gasteiger partial charge in [0, 0.05) is 13.0 Å². The lowest BCUT2D eigenvalue weighted by molar-refractivity contribution is -0.147. The van der Waals surface area contributed by atoms with Gasteiger partial charge in [0.1, 0.15) is 6.04 Å². The highest BCUT2D eigenvalue weighted by molar-refractivity contribution is 5.84. The van der Waals surface area contributed by atoms with Crippen molar-refractivity contribution >= 4 is 11.9 Å². The molecule has 0 fully saturated rings. The van der Waals surface area contributed by atoms with E-state index in [9.17, 15) is 9.59 Å². The zero-order chi connectivity index (χ0) is 10.3. The Hall–Kier alpha value is -1.10. The molecule has 76 valence electrons. The first-order chi connectivity index (χ1) is 6.15. The minimum atomic E-state index is -0.715. The van der Waals surface area contributed by atoms with E-state index in [0.29, 0.717) is 6.42 Å². The molecule has 0 aliphatic carbocycles. The molecule has 0 aliphatic rings. The van der Waals surface area contributed by atoms with Crippen LogP contribution in [-0.2, 0) is 14.3 Å². The van der Waals surface area contributed by atoms with Gasteiger partial charge in [0.25, 0.3) is 0 Å². The highest BCUT2D eigenvalue weighted by Gasteiger charge is 2.18. The van der Waals surface area contributed by atoms with Gasteiger partial charge in [-0.1, -0.05) is 6.92 Å². The molecule has 0 spiro atoms. The molecule has 0 heterocycles. The van der Waals surface area contributed by atoms with Gasteiger partial charge in [0.05, 0.1) is 6.61 Å². The van der Waals surface area contributed by atoms with Crippen LogP contribution >= 0.6 is 0 Å². The summed E-state index contributed by atoms with van der Waals surface area (Å²) in [5.41, 5.74) is 5.29. The molecule has 3 N–H and O–H groups in total. The third-order valence-corrected chi connectivity index (χ3v) is 1.46. The Balaban J connectivity index is 4.01. The summed E-state index contributed by atoms with van der Waals surface area (Å²) in [5, 5.41) is 2.46. The second-order valence-electron chi connectivity index (χ2n) is 2.46. The average Bonchev–Trinajstić information content (AvgIpc) is 2.14. The molecule has 0 bridgehead atoms. The number of amides is 1. The Labute approximate surface area is 77.6 Å². The Morgan fingerprint density at radius 2 is 2.08 bits per heavy atom. The van der Waals surface area contributed by atoms with E-state index in [1.165, 1.54) is 0 Å². The molecule has 0 saturated heterocycles. The van der Waals surface area contributed by atoms with Crippen molar-refractivity contribution in [1.29, 1.82) is 0 Å². The van der Waals surface area contributed by atoms with Crippen molar-refractivity contribution < 1.29 is 14.3 Å². The third-order valence-electron chi connectivity index (χ3n) is 1.46. The van der Waals surface area contributed by atoms with Crippen LogP contribution in [0.25, 0.3) is 0 Å². The van der Waals surface area contributed by atoms with Crippen molar-refractivity contribution in [1.82, 2.24) is 5.32 Å². The minimum absolute atomic E-state index is 0.0601. The van der Waals surface area contributed by atoms with Crippen LogP contribution in [0, 0.1) is 0 Å². The van der Waals surface area contributed by atoms with Gasteiger partial charge in [0.2, 0.25) is 5.91 Å². The molecule has 1 atom stereocenters. The van der Waals surface area contributed by atoms with Crippen molar-refractivity contribution in [2.75, 3.05) is 13.2 Å². The first-order valence-electron chi connectivity index (χ1n) is 4.31. The van der Waals surface area contributed by atoms with E-state index < -0.39 is 12.0 Å². The van der Waals surface area contributed by atoms with E-state index in [0.717, 1.165) is 0 Å². The van der Waals surface area contributed by atoms with Gasteiger partial charge in [-0.15, -0.1) is 0 Å². The van der Waals surface area contributed by atoms with Crippen molar-refractivity contribution in [3.8, 4) is 0 Å². The molecule has 1 unspecified atom stereocenters. The molecule has 0 aromatic rings. The smallest absolute Gasteiger partial charge is 0.329 e. The molecule has 0 aliphatic heterocycles. The molecular formula is C8H16N2O3. The van der Waals surface area contributed by atoms with Crippen LogP contribution in [-0.4, -0.2) is 31.1 Å². The molecule has 5 heteroatoms. The lowest BCUT2D eigenvalue weighted by Gasteiger charge is -2.14. The van der Waals surface area contributed by atoms with Gasteiger partial charge in [-0.3, -0.25) is 4.79 Å². The topological polar surface area (TPSA) is 81.4 Å². The first kappa shape index (κ1) is 11.9. The molecule has 13 heavy (non-hydrogen) atoms. The molecule has 5 nitrogen and oxygen atoms in total. The Kier molecular flexibility index (Phi) is 5.88. The number of hydrogen-bond acceptors (Lipinski definition) is 4. The predicted molar refractivity (Wildman–Crippen MR) is 47.9 cm³/mol.